The van der Waals surface area contributed by atoms with Crippen LogP contribution in [0.15, 0.2) is 0 Å². The molecule has 0 aromatic rings. The normalized spacial score (nSPS) is 10.0. The number of methoxy groups -OCH3 is 1. The van der Waals surface area contributed by atoms with Crippen LogP contribution in [0.2, 0.25) is 0 Å². The Kier molecular flexibility index (Phi) is 21.4. The van der Waals surface area contributed by atoms with Gasteiger partial charge in [0.25, 0.3) is 0 Å². The first kappa shape index (κ1) is 18.4. The van der Waals surface area contributed by atoms with Crippen molar-refractivity contribution in [3.63, 3.8) is 0 Å². The van der Waals surface area contributed by atoms with E-state index in [2.05, 4.69) is 0 Å². The van der Waals surface area contributed by atoms with E-state index in [0.717, 1.165) is 0 Å². The first-order valence-electron chi connectivity index (χ1n) is 4.75. The fraction of sp³-hybridized carbons (Fsp3) is 1.00. The molecule has 0 aromatic heterocycles. The monoisotopic (exact) mass is 250 g/mol. The van der Waals surface area contributed by atoms with Crippen molar-refractivity contribution in [1.29, 1.82) is 0 Å². The second-order valence-electron chi connectivity index (χ2n) is 2.55. The van der Waals surface area contributed by atoms with Crippen LogP contribution in [0.25, 0.3) is 0 Å². The quantitative estimate of drug-likeness (QED) is 0.367. The van der Waals surface area contributed by atoms with Gasteiger partial charge in [-0.25, -0.2) is 0 Å². The average Bonchev–Trinajstić information content (AvgIpc) is 2.21. The Labute approximate surface area is 121 Å². The zero-order chi connectivity index (χ0) is 10.5. The van der Waals surface area contributed by atoms with Crippen molar-refractivity contribution in [2.45, 2.75) is 0 Å². The molecule has 5 nitrogen and oxygen atoms in total. The van der Waals surface area contributed by atoms with Gasteiger partial charge in [0, 0.05) is 7.11 Å². The van der Waals surface area contributed by atoms with Gasteiger partial charge in [0.05, 0.1) is 52.9 Å². The van der Waals surface area contributed by atoms with Crippen LogP contribution in [0.3, 0.4) is 0 Å². The van der Waals surface area contributed by atoms with Gasteiger partial charge in [-0.3, -0.25) is 0 Å². The third-order valence-electron chi connectivity index (χ3n) is 1.41. The number of aliphatic hydroxyl groups is 1. The molecule has 0 aliphatic heterocycles. The molecule has 0 bridgehead atoms. The van der Waals surface area contributed by atoms with E-state index in [1.165, 1.54) is 0 Å². The Balaban J connectivity index is 0. The first-order chi connectivity index (χ1) is 6.91. The second-order valence-corrected chi connectivity index (χ2v) is 2.55. The average molecular weight is 250 g/mol. The van der Waals surface area contributed by atoms with E-state index in [1.54, 1.807) is 7.11 Å². The molecule has 0 aromatic carbocycles. The summed E-state index contributed by atoms with van der Waals surface area (Å²) in [7, 11) is 1.64. The zero-order valence-corrected chi connectivity index (χ0v) is 8.74. The standard InChI is InChI=1S/C9H20O5.Ca.2H/c1-11-4-5-13-8-9-14-7-6-12-3-2-10;;;/h10H,2-9H2,1H3;;;. The molecule has 0 rings (SSSR count). The second kappa shape index (κ2) is 17.5. The van der Waals surface area contributed by atoms with Gasteiger partial charge in [0.1, 0.15) is 0 Å². The summed E-state index contributed by atoms with van der Waals surface area (Å²) in [5.41, 5.74) is 0. The van der Waals surface area contributed by atoms with Crippen LogP contribution in [-0.4, -0.2) is 103 Å². The Bertz CT molecular complexity index is 92.5. The summed E-state index contributed by atoms with van der Waals surface area (Å²) in [5, 5.41) is 8.39. The van der Waals surface area contributed by atoms with Crippen LogP contribution in [0.4, 0.5) is 0 Å². The predicted octanol–water partition coefficient (Wildman–Crippen LogP) is -1.24. The van der Waals surface area contributed by atoms with E-state index in [9.17, 15) is 0 Å². The summed E-state index contributed by atoms with van der Waals surface area (Å²) < 4.78 is 20.2. The van der Waals surface area contributed by atoms with Gasteiger partial charge in [-0.2, -0.15) is 0 Å². The van der Waals surface area contributed by atoms with Crippen LogP contribution in [0.1, 0.15) is 0 Å². The van der Waals surface area contributed by atoms with Crippen molar-refractivity contribution in [1.82, 2.24) is 0 Å². The van der Waals surface area contributed by atoms with Gasteiger partial charge in [-0.15, -0.1) is 0 Å². The van der Waals surface area contributed by atoms with Crippen molar-refractivity contribution in [3.8, 4) is 0 Å². The minimum absolute atomic E-state index is 0. The predicted molar refractivity (Wildman–Crippen MR) is 60.0 cm³/mol. The van der Waals surface area contributed by atoms with Gasteiger partial charge in [-0.05, 0) is 0 Å². The Morgan fingerprint density at radius 3 is 1.53 bits per heavy atom. The van der Waals surface area contributed by atoms with Gasteiger partial charge in [0.15, 0.2) is 0 Å². The van der Waals surface area contributed by atoms with Crippen LogP contribution < -0.4 is 0 Å². The molecule has 0 saturated carbocycles. The maximum atomic E-state index is 8.39. The summed E-state index contributed by atoms with van der Waals surface area (Å²) in [5.74, 6) is 0. The SMILES string of the molecule is COCCOCCOCCOCCO.[CaH2]. The van der Waals surface area contributed by atoms with E-state index in [0.29, 0.717) is 46.2 Å². The molecule has 0 aliphatic carbocycles. The minimum atomic E-state index is 0. The zero-order valence-electron chi connectivity index (χ0n) is 8.74. The Morgan fingerprint density at radius 1 is 0.733 bits per heavy atom. The van der Waals surface area contributed by atoms with Gasteiger partial charge in [-0.1, -0.05) is 0 Å². The summed E-state index contributed by atoms with van der Waals surface area (Å²) in [4.78, 5) is 0. The molecule has 0 aliphatic rings. The topological polar surface area (TPSA) is 57.2 Å². The van der Waals surface area contributed by atoms with Crippen LogP contribution >= 0.6 is 0 Å². The number of hydrogen-bond donors (Lipinski definition) is 1. The summed E-state index contributed by atoms with van der Waals surface area (Å²) in [6, 6.07) is 0. The Hall–Kier alpha value is 1.06. The van der Waals surface area contributed by atoms with Crippen molar-refractivity contribution >= 4 is 37.7 Å². The molecular formula is C9H22CaO5. The first-order valence-corrected chi connectivity index (χ1v) is 4.75. The van der Waals surface area contributed by atoms with Gasteiger partial charge in [0.2, 0.25) is 0 Å². The van der Waals surface area contributed by atoms with Crippen LogP contribution in [0.5, 0.6) is 0 Å². The van der Waals surface area contributed by atoms with Crippen molar-refractivity contribution < 1.29 is 24.1 Å². The summed E-state index contributed by atoms with van der Waals surface area (Å²) in [6.45, 7) is 3.82. The molecule has 0 radical (unpaired) electrons. The van der Waals surface area contributed by atoms with Gasteiger partial charge < -0.3 is 24.1 Å². The molecule has 0 spiro atoms. The van der Waals surface area contributed by atoms with Crippen molar-refractivity contribution in [2.75, 3.05) is 60.0 Å². The van der Waals surface area contributed by atoms with Crippen molar-refractivity contribution in [2.24, 2.45) is 0 Å². The molecule has 0 amide bonds. The van der Waals surface area contributed by atoms with E-state index in [4.69, 9.17) is 24.1 Å². The fourth-order valence-electron chi connectivity index (χ4n) is 0.749. The molecule has 0 unspecified atom stereocenters. The third-order valence-corrected chi connectivity index (χ3v) is 1.41. The van der Waals surface area contributed by atoms with Gasteiger partial charge >= 0.3 is 37.7 Å². The van der Waals surface area contributed by atoms with Crippen molar-refractivity contribution in [3.05, 3.63) is 0 Å². The van der Waals surface area contributed by atoms with E-state index in [-0.39, 0.29) is 44.3 Å². The van der Waals surface area contributed by atoms with Crippen LogP contribution in [0, 0.1) is 0 Å². The van der Waals surface area contributed by atoms with E-state index >= 15 is 0 Å². The van der Waals surface area contributed by atoms with E-state index < -0.39 is 0 Å². The molecule has 0 heterocycles. The molecule has 15 heavy (non-hydrogen) atoms. The fourth-order valence-corrected chi connectivity index (χ4v) is 0.749. The maximum absolute atomic E-state index is 8.39. The number of rotatable bonds is 11. The molecule has 0 atom stereocenters. The Morgan fingerprint density at radius 2 is 1.13 bits per heavy atom. The van der Waals surface area contributed by atoms with E-state index in [1.807, 2.05) is 0 Å². The molecule has 1 N–H and O–H groups in total. The summed E-state index contributed by atoms with van der Waals surface area (Å²) >= 11 is 0. The molecule has 6 heteroatoms. The number of aliphatic hydroxyl groups excluding tert-OH is 1. The van der Waals surface area contributed by atoms with Crippen LogP contribution in [-0.2, 0) is 18.9 Å². The number of ether oxygens (including phenoxy) is 4. The molecular weight excluding hydrogens is 228 g/mol. The molecule has 90 valence electrons. The summed E-state index contributed by atoms with van der Waals surface area (Å²) in [6.07, 6.45) is 0. The number of hydrogen-bond acceptors (Lipinski definition) is 5. The molecule has 0 fully saturated rings. The third kappa shape index (κ3) is 17.7. The molecule has 0 saturated heterocycles.